The molecule has 6 heteroatoms. The van der Waals surface area contributed by atoms with Gasteiger partial charge in [-0.1, -0.05) is 0 Å². The number of hydrogen-bond donors (Lipinski definition) is 2. The van der Waals surface area contributed by atoms with Gasteiger partial charge in [0.2, 0.25) is 5.72 Å². The molecule has 0 spiro atoms. The van der Waals surface area contributed by atoms with Gasteiger partial charge in [-0.25, -0.2) is 4.79 Å². The summed E-state index contributed by atoms with van der Waals surface area (Å²) in [5.41, 5.74) is 1.49. The lowest BCUT2D eigenvalue weighted by atomic mass is 10.1. The van der Waals surface area contributed by atoms with E-state index in [9.17, 15) is 14.7 Å². The molecule has 3 N–H and O–H groups in total. The highest BCUT2D eigenvalue weighted by Crippen LogP contribution is 2.16. The monoisotopic (exact) mass is 261 g/mol. The average molecular weight is 261 g/mol. The number of rotatable bonds is 3. The minimum Gasteiger partial charge on any atom is -0.460 e. The summed E-state index contributed by atoms with van der Waals surface area (Å²) in [7, 11) is 0. The fraction of sp³-hybridized carbons (Fsp3) is 0.833. The maximum Gasteiger partial charge on any atom is 0.354 e. The molecule has 0 fully saturated rings. The van der Waals surface area contributed by atoms with E-state index in [0.717, 1.165) is 0 Å². The maximum absolute atomic E-state index is 11.6. The first-order chi connectivity index (χ1) is 7.73. The molecule has 0 aliphatic heterocycles. The Morgan fingerprint density at radius 3 is 1.72 bits per heavy atom. The van der Waals surface area contributed by atoms with Gasteiger partial charge in [0.15, 0.2) is 0 Å². The van der Waals surface area contributed by atoms with Crippen molar-refractivity contribution >= 4 is 11.9 Å². The zero-order chi connectivity index (χ0) is 14.8. The van der Waals surface area contributed by atoms with Gasteiger partial charge in [-0.15, -0.1) is 0 Å². The highest BCUT2D eigenvalue weighted by molar-refractivity contribution is 5.85. The molecule has 0 saturated carbocycles. The summed E-state index contributed by atoms with van der Waals surface area (Å²) in [6.45, 7) is 9.92. The Balaban J connectivity index is 4.56. The van der Waals surface area contributed by atoms with Crippen molar-refractivity contribution in [2.24, 2.45) is 5.73 Å². The van der Waals surface area contributed by atoms with E-state index in [0.29, 0.717) is 0 Å². The summed E-state index contributed by atoms with van der Waals surface area (Å²) in [4.78, 5) is 23.1. The Kier molecular flexibility index (Phi) is 4.91. The molecule has 1 atom stereocenters. The molecular weight excluding hydrogens is 238 g/mol. The molecule has 18 heavy (non-hydrogen) atoms. The third-order valence-electron chi connectivity index (χ3n) is 1.59. The zero-order valence-corrected chi connectivity index (χ0v) is 11.9. The predicted octanol–water partition coefficient (Wildman–Crippen LogP) is 0.707. The molecular formula is C12H23NO5. The van der Waals surface area contributed by atoms with Gasteiger partial charge in [-0.2, -0.15) is 0 Å². The first kappa shape index (κ1) is 16.9. The number of esters is 2. The van der Waals surface area contributed by atoms with Crippen LogP contribution in [0.4, 0.5) is 0 Å². The molecule has 0 aromatic carbocycles. The highest BCUT2D eigenvalue weighted by Gasteiger charge is 2.39. The van der Waals surface area contributed by atoms with Crippen molar-refractivity contribution in [3.63, 3.8) is 0 Å². The quantitative estimate of drug-likeness (QED) is 0.573. The molecule has 0 bridgehead atoms. The molecule has 0 aromatic heterocycles. The van der Waals surface area contributed by atoms with Crippen molar-refractivity contribution in [3.8, 4) is 0 Å². The van der Waals surface area contributed by atoms with Gasteiger partial charge in [-0.3, -0.25) is 10.5 Å². The largest absolute Gasteiger partial charge is 0.460 e. The molecule has 0 aromatic rings. The summed E-state index contributed by atoms with van der Waals surface area (Å²) in [5.74, 6) is -1.82. The molecule has 6 nitrogen and oxygen atoms in total. The second kappa shape index (κ2) is 5.24. The van der Waals surface area contributed by atoms with Crippen molar-refractivity contribution in [2.75, 3.05) is 0 Å². The van der Waals surface area contributed by atoms with Crippen LogP contribution in [-0.4, -0.2) is 34.0 Å². The lowest BCUT2D eigenvalue weighted by molar-refractivity contribution is -0.184. The summed E-state index contributed by atoms with van der Waals surface area (Å²) >= 11 is 0. The van der Waals surface area contributed by atoms with Crippen molar-refractivity contribution < 1.29 is 24.2 Å². The van der Waals surface area contributed by atoms with Gasteiger partial charge < -0.3 is 14.6 Å². The third-order valence-corrected chi connectivity index (χ3v) is 1.59. The molecule has 0 heterocycles. The number of hydrogen-bond acceptors (Lipinski definition) is 6. The zero-order valence-electron chi connectivity index (χ0n) is 11.9. The van der Waals surface area contributed by atoms with Crippen LogP contribution in [0.1, 0.15) is 48.0 Å². The first-order valence-corrected chi connectivity index (χ1v) is 5.69. The Labute approximate surface area is 107 Å². The van der Waals surface area contributed by atoms with E-state index in [1.807, 2.05) is 0 Å². The first-order valence-electron chi connectivity index (χ1n) is 5.69. The predicted molar refractivity (Wildman–Crippen MR) is 65.4 cm³/mol. The SMILES string of the molecule is CC(C)(C)OC(=O)CC(N)(O)C(=O)OC(C)(C)C. The standard InChI is InChI=1S/C12H23NO5/c1-10(2,3)17-8(14)7-12(13,16)9(15)18-11(4,5)6/h16H,7,13H2,1-6H3. The smallest absolute Gasteiger partial charge is 0.354 e. The minimum absolute atomic E-state index is 0.654. The third kappa shape index (κ3) is 7.24. The number of nitrogens with two attached hydrogens (primary N) is 1. The second-order valence-corrected chi connectivity index (χ2v) is 6.19. The van der Waals surface area contributed by atoms with E-state index in [1.54, 1.807) is 41.5 Å². The molecule has 0 aliphatic carbocycles. The van der Waals surface area contributed by atoms with Crippen LogP contribution in [0.15, 0.2) is 0 Å². The van der Waals surface area contributed by atoms with Gasteiger partial charge in [0.25, 0.3) is 0 Å². The Hall–Kier alpha value is -1.14. The summed E-state index contributed by atoms with van der Waals surface area (Å²) in [5, 5.41) is 9.72. The van der Waals surface area contributed by atoms with Gasteiger partial charge in [0.1, 0.15) is 11.2 Å². The number of carbonyl (C=O) groups is 2. The number of carbonyl (C=O) groups excluding carboxylic acids is 2. The van der Waals surface area contributed by atoms with Crippen LogP contribution in [0.3, 0.4) is 0 Å². The Bertz CT molecular complexity index is 322. The number of aliphatic hydroxyl groups is 1. The van der Waals surface area contributed by atoms with Gasteiger partial charge in [-0.05, 0) is 41.5 Å². The van der Waals surface area contributed by atoms with E-state index < -0.39 is 35.3 Å². The van der Waals surface area contributed by atoms with Crippen LogP contribution in [0.2, 0.25) is 0 Å². The molecule has 0 aliphatic rings. The lowest BCUT2D eigenvalue weighted by Gasteiger charge is -2.27. The van der Waals surface area contributed by atoms with E-state index >= 15 is 0 Å². The molecule has 1 unspecified atom stereocenters. The summed E-state index contributed by atoms with van der Waals surface area (Å²) in [6.07, 6.45) is -0.654. The van der Waals surface area contributed by atoms with Crippen LogP contribution < -0.4 is 5.73 Å². The Morgan fingerprint density at radius 1 is 1.00 bits per heavy atom. The van der Waals surface area contributed by atoms with Crippen LogP contribution in [0.5, 0.6) is 0 Å². The lowest BCUT2D eigenvalue weighted by Crippen LogP contribution is -2.53. The highest BCUT2D eigenvalue weighted by atomic mass is 16.6. The van der Waals surface area contributed by atoms with E-state index in [2.05, 4.69) is 0 Å². The molecule has 106 valence electrons. The topological polar surface area (TPSA) is 98.9 Å². The molecule has 0 radical (unpaired) electrons. The van der Waals surface area contributed by atoms with Gasteiger partial charge in [0, 0.05) is 0 Å². The fourth-order valence-electron chi connectivity index (χ4n) is 1.04. The van der Waals surface area contributed by atoms with Crippen molar-refractivity contribution in [3.05, 3.63) is 0 Å². The van der Waals surface area contributed by atoms with Crippen molar-refractivity contribution in [1.82, 2.24) is 0 Å². The van der Waals surface area contributed by atoms with Crippen LogP contribution >= 0.6 is 0 Å². The minimum atomic E-state index is -2.38. The van der Waals surface area contributed by atoms with Crippen molar-refractivity contribution in [2.45, 2.75) is 64.9 Å². The van der Waals surface area contributed by atoms with E-state index in [-0.39, 0.29) is 0 Å². The second-order valence-electron chi connectivity index (χ2n) is 6.19. The summed E-state index contributed by atoms with van der Waals surface area (Å²) in [6, 6.07) is 0. The average Bonchev–Trinajstić information content (AvgIpc) is 1.94. The van der Waals surface area contributed by atoms with E-state index in [1.165, 1.54) is 0 Å². The molecule has 0 amide bonds. The molecule has 0 rings (SSSR count). The molecule has 0 saturated heterocycles. The van der Waals surface area contributed by atoms with Crippen molar-refractivity contribution in [1.29, 1.82) is 0 Å². The van der Waals surface area contributed by atoms with E-state index in [4.69, 9.17) is 15.2 Å². The maximum atomic E-state index is 11.6. The fourth-order valence-corrected chi connectivity index (χ4v) is 1.04. The van der Waals surface area contributed by atoms with Crippen LogP contribution in [0.25, 0.3) is 0 Å². The number of ether oxygens (including phenoxy) is 2. The summed E-state index contributed by atoms with van der Waals surface area (Å²) < 4.78 is 9.88. The normalized spacial score (nSPS) is 15.8. The van der Waals surface area contributed by atoms with Gasteiger partial charge >= 0.3 is 11.9 Å². The van der Waals surface area contributed by atoms with Gasteiger partial charge in [0.05, 0.1) is 6.42 Å². The van der Waals surface area contributed by atoms with Crippen LogP contribution in [0, 0.1) is 0 Å². The Morgan fingerprint density at radius 2 is 1.39 bits per heavy atom. The van der Waals surface area contributed by atoms with Crippen LogP contribution in [-0.2, 0) is 19.1 Å².